The fourth-order valence-corrected chi connectivity index (χ4v) is 1.49. The second-order valence-corrected chi connectivity index (χ2v) is 4.24. The van der Waals surface area contributed by atoms with Crippen molar-refractivity contribution in [2.45, 2.75) is 19.6 Å². The van der Waals surface area contributed by atoms with Gasteiger partial charge in [-0.3, -0.25) is 0 Å². The summed E-state index contributed by atoms with van der Waals surface area (Å²) in [6, 6.07) is 3.70. The third-order valence-electron chi connectivity index (χ3n) is 2.28. The van der Waals surface area contributed by atoms with E-state index < -0.39 is 17.7 Å². The summed E-state index contributed by atoms with van der Waals surface area (Å²) in [7, 11) is 0. The molecule has 0 bridgehead atoms. The Morgan fingerprint density at radius 2 is 1.89 bits per heavy atom. The van der Waals surface area contributed by atoms with Crippen molar-refractivity contribution in [3.8, 4) is 0 Å². The van der Waals surface area contributed by atoms with E-state index in [4.69, 9.17) is 9.47 Å². The van der Waals surface area contributed by atoms with Crippen LogP contribution < -0.4 is 0 Å². The number of allylic oxidation sites excluding steroid dienone is 2. The molecular formula is C13H13NO4. The van der Waals surface area contributed by atoms with E-state index in [1.807, 2.05) is 12.1 Å². The van der Waals surface area contributed by atoms with Gasteiger partial charge in [-0.25, -0.2) is 9.59 Å². The second-order valence-electron chi connectivity index (χ2n) is 4.24. The first-order valence-electron chi connectivity index (χ1n) is 5.46. The van der Waals surface area contributed by atoms with Gasteiger partial charge in [0.05, 0.1) is 0 Å². The van der Waals surface area contributed by atoms with Crippen molar-refractivity contribution in [3.05, 3.63) is 41.7 Å². The number of H-pyrrole nitrogens is 1. The summed E-state index contributed by atoms with van der Waals surface area (Å²) < 4.78 is 9.90. The molecule has 1 aromatic heterocycles. The van der Waals surface area contributed by atoms with E-state index in [-0.39, 0.29) is 5.57 Å². The Hall–Kier alpha value is -2.30. The van der Waals surface area contributed by atoms with E-state index in [1.165, 1.54) is 19.9 Å². The highest BCUT2D eigenvalue weighted by atomic mass is 16.7. The van der Waals surface area contributed by atoms with Crippen LogP contribution in [0.3, 0.4) is 0 Å². The number of cyclic esters (lactones) is 2. The molecule has 0 aliphatic carbocycles. The van der Waals surface area contributed by atoms with Gasteiger partial charge in [-0.2, -0.15) is 0 Å². The molecule has 0 aromatic carbocycles. The third kappa shape index (κ3) is 2.68. The number of aromatic amines is 1. The normalized spacial score (nSPS) is 18.7. The summed E-state index contributed by atoms with van der Waals surface area (Å²) in [5, 5.41) is 0. The number of ether oxygens (including phenoxy) is 2. The minimum Gasteiger partial charge on any atom is -0.419 e. The zero-order valence-corrected chi connectivity index (χ0v) is 10.1. The molecule has 1 aliphatic rings. The maximum absolute atomic E-state index is 11.6. The van der Waals surface area contributed by atoms with E-state index >= 15 is 0 Å². The quantitative estimate of drug-likeness (QED) is 0.491. The number of carbonyl (C=O) groups excluding carboxylic acids is 2. The molecule has 5 heteroatoms. The molecule has 94 valence electrons. The zero-order valence-electron chi connectivity index (χ0n) is 10.1. The van der Waals surface area contributed by atoms with E-state index in [2.05, 4.69) is 4.98 Å². The van der Waals surface area contributed by atoms with Crippen molar-refractivity contribution in [3.63, 3.8) is 0 Å². The molecule has 0 spiro atoms. The SMILES string of the molecule is CC1(C)OC(=O)C(=C/C=C/c2ccc[nH]2)C(=O)O1. The van der Waals surface area contributed by atoms with Crippen LogP contribution in [0.2, 0.25) is 0 Å². The Labute approximate surface area is 104 Å². The lowest BCUT2D eigenvalue weighted by Gasteiger charge is -2.29. The van der Waals surface area contributed by atoms with Gasteiger partial charge in [0.1, 0.15) is 5.57 Å². The molecule has 18 heavy (non-hydrogen) atoms. The van der Waals surface area contributed by atoms with Crippen molar-refractivity contribution in [2.75, 3.05) is 0 Å². The summed E-state index contributed by atoms with van der Waals surface area (Å²) in [5.74, 6) is -2.55. The highest BCUT2D eigenvalue weighted by Crippen LogP contribution is 2.22. The molecule has 1 fully saturated rings. The van der Waals surface area contributed by atoms with Crippen molar-refractivity contribution in [1.29, 1.82) is 0 Å². The third-order valence-corrected chi connectivity index (χ3v) is 2.28. The van der Waals surface area contributed by atoms with Crippen molar-refractivity contribution in [1.82, 2.24) is 4.98 Å². The Morgan fingerprint density at radius 1 is 1.22 bits per heavy atom. The molecule has 1 aromatic rings. The molecule has 1 aliphatic heterocycles. The number of hydrogen-bond acceptors (Lipinski definition) is 4. The summed E-state index contributed by atoms with van der Waals surface area (Å²) in [6.45, 7) is 3.02. The van der Waals surface area contributed by atoms with E-state index in [0.29, 0.717) is 0 Å². The van der Waals surface area contributed by atoms with Crippen LogP contribution in [0, 0.1) is 0 Å². The standard InChI is InChI=1S/C13H13NO4/c1-13(2)17-11(15)10(12(16)18-13)7-3-5-9-6-4-8-14-9/h3-8,14H,1-2H3/b5-3+. The van der Waals surface area contributed by atoms with Crippen LogP contribution in [-0.4, -0.2) is 22.7 Å². The van der Waals surface area contributed by atoms with E-state index in [1.54, 1.807) is 18.3 Å². The molecule has 0 amide bonds. The number of esters is 2. The van der Waals surface area contributed by atoms with Gasteiger partial charge in [0.15, 0.2) is 0 Å². The lowest BCUT2D eigenvalue weighted by molar-refractivity contribution is -0.222. The van der Waals surface area contributed by atoms with Gasteiger partial charge in [0.2, 0.25) is 0 Å². The van der Waals surface area contributed by atoms with E-state index in [9.17, 15) is 9.59 Å². The smallest absolute Gasteiger partial charge is 0.348 e. The van der Waals surface area contributed by atoms with Gasteiger partial charge in [0.25, 0.3) is 5.79 Å². The maximum Gasteiger partial charge on any atom is 0.348 e. The summed E-state index contributed by atoms with van der Waals surface area (Å²) in [6.07, 6.45) is 6.47. The lowest BCUT2D eigenvalue weighted by atomic mass is 10.2. The topological polar surface area (TPSA) is 68.4 Å². The summed E-state index contributed by atoms with van der Waals surface area (Å²) in [4.78, 5) is 26.1. The van der Waals surface area contributed by atoms with Gasteiger partial charge in [-0.15, -0.1) is 0 Å². The Balaban J connectivity index is 2.13. The fourth-order valence-electron chi connectivity index (χ4n) is 1.49. The highest BCUT2D eigenvalue weighted by molar-refractivity contribution is 6.15. The molecule has 1 saturated heterocycles. The number of nitrogens with one attached hydrogen (secondary N) is 1. The molecule has 2 heterocycles. The first-order chi connectivity index (χ1) is 8.48. The molecular weight excluding hydrogens is 234 g/mol. The Kier molecular flexibility index (Phi) is 3.06. The predicted octanol–water partition coefficient (Wildman–Crippen LogP) is 1.79. The lowest BCUT2D eigenvalue weighted by Crippen LogP contribution is -2.41. The van der Waals surface area contributed by atoms with Crippen LogP contribution in [-0.2, 0) is 19.1 Å². The van der Waals surface area contributed by atoms with Gasteiger partial charge < -0.3 is 14.5 Å². The predicted molar refractivity (Wildman–Crippen MR) is 64.2 cm³/mol. The maximum atomic E-state index is 11.6. The van der Waals surface area contributed by atoms with Gasteiger partial charge in [-0.05, 0) is 24.3 Å². The summed E-state index contributed by atoms with van der Waals surface area (Å²) >= 11 is 0. The molecule has 5 nitrogen and oxygen atoms in total. The van der Waals surface area contributed by atoms with Crippen molar-refractivity contribution < 1.29 is 19.1 Å². The number of carbonyl (C=O) groups is 2. The van der Waals surface area contributed by atoms with Crippen molar-refractivity contribution in [2.24, 2.45) is 0 Å². The minimum atomic E-state index is -1.20. The van der Waals surface area contributed by atoms with Crippen molar-refractivity contribution >= 4 is 18.0 Å². The number of hydrogen-bond donors (Lipinski definition) is 1. The van der Waals surface area contributed by atoms with Crippen LogP contribution in [0.1, 0.15) is 19.5 Å². The minimum absolute atomic E-state index is 0.114. The molecule has 0 radical (unpaired) electrons. The summed E-state index contributed by atoms with van der Waals surface area (Å²) in [5.41, 5.74) is 0.752. The fraction of sp³-hybridized carbons (Fsp3) is 0.231. The Morgan fingerprint density at radius 3 is 2.44 bits per heavy atom. The molecule has 1 N–H and O–H groups in total. The molecule has 0 unspecified atom stereocenters. The van der Waals surface area contributed by atoms with Gasteiger partial charge >= 0.3 is 11.9 Å². The van der Waals surface area contributed by atoms with Crippen LogP contribution in [0.25, 0.3) is 6.08 Å². The van der Waals surface area contributed by atoms with Crippen LogP contribution in [0.4, 0.5) is 0 Å². The number of aromatic nitrogens is 1. The van der Waals surface area contributed by atoms with Gasteiger partial charge in [-0.1, -0.05) is 6.08 Å². The second kappa shape index (κ2) is 4.52. The highest BCUT2D eigenvalue weighted by Gasteiger charge is 2.38. The molecule has 2 rings (SSSR count). The molecule has 0 saturated carbocycles. The zero-order chi connectivity index (χ0) is 13.2. The first kappa shape index (κ1) is 12.2. The van der Waals surface area contributed by atoms with Crippen LogP contribution in [0.5, 0.6) is 0 Å². The Bertz CT molecular complexity index is 501. The number of rotatable bonds is 2. The average molecular weight is 247 g/mol. The van der Waals surface area contributed by atoms with E-state index in [0.717, 1.165) is 5.69 Å². The van der Waals surface area contributed by atoms with Crippen LogP contribution >= 0.6 is 0 Å². The van der Waals surface area contributed by atoms with Crippen LogP contribution in [0.15, 0.2) is 36.1 Å². The van der Waals surface area contributed by atoms with Gasteiger partial charge in [0, 0.05) is 25.7 Å². The monoisotopic (exact) mass is 247 g/mol. The first-order valence-corrected chi connectivity index (χ1v) is 5.46. The molecule has 0 atom stereocenters. The largest absolute Gasteiger partial charge is 0.419 e. The average Bonchev–Trinajstić information content (AvgIpc) is 2.73.